The van der Waals surface area contributed by atoms with Crippen molar-refractivity contribution in [1.29, 1.82) is 0 Å². The van der Waals surface area contributed by atoms with Gasteiger partial charge >= 0.3 is 7.82 Å². The van der Waals surface area contributed by atoms with Crippen molar-refractivity contribution in [3.05, 3.63) is 72.9 Å². The van der Waals surface area contributed by atoms with Crippen LogP contribution in [0.2, 0.25) is 0 Å². The first-order valence-electron chi connectivity index (χ1n) is 20.6. The maximum Gasteiger partial charge on any atom is 0.472 e. The monoisotopic (exact) mass is 749 g/mol. The van der Waals surface area contributed by atoms with Crippen LogP contribution < -0.4 is 11.1 Å². The fraction of sp³-hybridized carbons (Fsp3) is 0.698. The lowest BCUT2D eigenvalue weighted by atomic mass is 10.0. The lowest BCUT2D eigenvalue weighted by Crippen LogP contribution is -2.46. The summed E-state index contributed by atoms with van der Waals surface area (Å²) in [6.07, 6.45) is 49.2. The van der Waals surface area contributed by atoms with Gasteiger partial charge in [0, 0.05) is 13.0 Å². The number of rotatable bonds is 37. The molecule has 0 saturated heterocycles. The molecule has 0 aromatic heterocycles. The Balaban J connectivity index is 4.36. The van der Waals surface area contributed by atoms with Gasteiger partial charge in [0.25, 0.3) is 0 Å². The summed E-state index contributed by atoms with van der Waals surface area (Å²) >= 11 is 0. The van der Waals surface area contributed by atoms with Crippen molar-refractivity contribution in [2.24, 2.45) is 5.73 Å². The molecule has 1 amide bonds. The molecule has 0 saturated carbocycles. The zero-order valence-electron chi connectivity index (χ0n) is 33.0. The number of amides is 1. The van der Waals surface area contributed by atoms with E-state index in [-0.39, 0.29) is 32.1 Å². The van der Waals surface area contributed by atoms with Crippen molar-refractivity contribution in [2.45, 2.75) is 174 Å². The van der Waals surface area contributed by atoms with Crippen LogP contribution >= 0.6 is 7.82 Å². The number of hydrogen-bond acceptors (Lipinski definition) is 6. The van der Waals surface area contributed by atoms with Gasteiger partial charge in [0.15, 0.2) is 0 Å². The Morgan fingerprint density at radius 3 is 1.52 bits per heavy atom. The molecule has 300 valence electrons. The molecule has 3 unspecified atom stereocenters. The van der Waals surface area contributed by atoms with Gasteiger partial charge in [-0.3, -0.25) is 13.8 Å². The van der Waals surface area contributed by atoms with Crippen LogP contribution in [0.4, 0.5) is 0 Å². The Labute approximate surface area is 318 Å². The Kier molecular flexibility index (Phi) is 37.1. The molecule has 0 spiro atoms. The van der Waals surface area contributed by atoms with Crippen molar-refractivity contribution >= 4 is 13.7 Å². The van der Waals surface area contributed by atoms with Crippen LogP contribution in [0.5, 0.6) is 0 Å². The number of phosphoric acid groups is 1. The Hall–Kier alpha value is -2.06. The maximum atomic E-state index is 12.7. The van der Waals surface area contributed by atoms with Gasteiger partial charge in [0.2, 0.25) is 5.91 Å². The van der Waals surface area contributed by atoms with Crippen molar-refractivity contribution in [3.63, 3.8) is 0 Å². The molecule has 0 aliphatic heterocycles. The zero-order chi connectivity index (χ0) is 38.2. The summed E-state index contributed by atoms with van der Waals surface area (Å²) < 4.78 is 22.1. The quantitative estimate of drug-likeness (QED) is 0.0282. The number of allylic oxidation sites excluding steroid dienone is 12. The fourth-order valence-corrected chi connectivity index (χ4v) is 6.27. The highest BCUT2D eigenvalue weighted by Crippen LogP contribution is 2.43. The van der Waals surface area contributed by atoms with E-state index in [2.05, 4.69) is 79.9 Å². The number of nitrogens with two attached hydrogens (primary N) is 1. The third-order valence-electron chi connectivity index (χ3n) is 8.59. The molecule has 0 aromatic carbocycles. The molecule has 0 radical (unpaired) electrons. The summed E-state index contributed by atoms with van der Waals surface area (Å²) in [6, 6.07) is -0.818. The summed E-state index contributed by atoms with van der Waals surface area (Å²) in [5, 5.41) is 13.7. The summed E-state index contributed by atoms with van der Waals surface area (Å²) in [4.78, 5) is 22.6. The van der Waals surface area contributed by atoms with Gasteiger partial charge in [-0.2, -0.15) is 0 Å². The summed E-state index contributed by atoms with van der Waals surface area (Å²) in [6.45, 7) is 4.02. The smallest absolute Gasteiger partial charge is 0.391 e. The van der Waals surface area contributed by atoms with E-state index in [1.807, 2.05) is 12.2 Å². The van der Waals surface area contributed by atoms with E-state index in [9.17, 15) is 19.4 Å². The Bertz CT molecular complexity index is 1040. The third-order valence-corrected chi connectivity index (χ3v) is 9.57. The molecule has 0 aliphatic rings. The van der Waals surface area contributed by atoms with Crippen LogP contribution in [0.25, 0.3) is 0 Å². The number of nitrogens with one attached hydrogen (secondary N) is 1. The lowest BCUT2D eigenvalue weighted by Gasteiger charge is -2.25. The lowest BCUT2D eigenvalue weighted by molar-refractivity contribution is -0.123. The molecule has 3 atom stereocenters. The van der Waals surface area contributed by atoms with E-state index in [1.165, 1.54) is 70.6 Å². The van der Waals surface area contributed by atoms with Crippen LogP contribution in [0.3, 0.4) is 0 Å². The first-order chi connectivity index (χ1) is 25.4. The van der Waals surface area contributed by atoms with Crippen LogP contribution in [0.15, 0.2) is 72.9 Å². The van der Waals surface area contributed by atoms with E-state index in [1.54, 1.807) is 0 Å². The molecule has 0 bridgehead atoms. The highest BCUT2D eigenvalue weighted by molar-refractivity contribution is 7.47. The minimum absolute atomic E-state index is 0.0738. The van der Waals surface area contributed by atoms with Crippen molar-refractivity contribution in [1.82, 2.24) is 5.32 Å². The van der Waals surface area contributed by atoms with E-state index >= 15 is 0 Å². The molecular formula is C43H77N2O6P. The molecule has 9 heteroatoms. The SMILES string of the molecule is CC/C=C\C/C=C\C/C=C\C/C=C\C/C=C\C/C=C\CCC(=O)NC(COP(=O)(O)OCCN)C(O)CCCCCCCCCCCCCCCC. The normalized spacial score (nSPS) is 14.9. The van der Waals surface area contributed by atoms with E-state index in [0.717, 1.165) is 57.8 Å². The average molecular weight is 749 g/mol. The molecule has 0 fully saturated rings. The van der Waals surface area contributed by atoms with Gasteiger partial charge in [0.05, 0.1) is 25.4 Å². The number of unbranched alkanes of at least 4 members (excludes halogenated alkanes) is 13. The van der Waals surface area contributed by atoms with Gasteiger partial charge in [-0.1, -0.05) is 177 Å². The standard InChI is InChI=1S/C43H77N2O6P/c1-3-5-7-9-11-13-15-17-19-20-21-22-23-25-27-29-31-33-35-37-43(47)45-41(40-51-52(48,49)50-39-38-44)42(46)36-34-32-30-28-26-24-18-16-14-12-10-8-6-4-2/h5,7,11,13,17,19,21-22,25,27,31,33,41-42,46H,3-4,6,8-10,12,14-16,18,20,23-24,26,28-30,32,34-40,44H2,1-2H3,(H,45,47)(H,48,49)/b7-5-,13-11-,19-17-,22-21-,27-25-,33-31-. The minimum atomic E-state index is -4.34. The van der Waals surface area contributed by atoms with Crippen LogP contribution in [-0.4, -0.2) is 47.8 Å². The predicted molar refractivity (Wildman–Crippen MR) is 221 cm³/mol. The number of aliphatic hydroxyl groups is 1. The van der Waals surface area contributed by atoms with Crippen LogP contribution in [0, 0.1) is 0 Å². The average Bonchev–Trinajstić information content (AvgIpc) is 3.13. The second-order valence-corrected chi connectivity index (χ2v) is 14.9. The number of carbonyl (C=O) groups is 1. The molecule has 8 nitrogen and oxygen atoms in total. The van der Waals surface area contributed by atoms with E-state index < -0.39 is 20.0 Å². The van der Waals surface area contributed by atoms with Gasteiger partial charge in [0.1, 0.15) is 0 Å². The number of phosphoric ester groups is 1. The summed E-state index contributed by atoms with van der Waals surface area (Å²) in [5.41, 5.74) is 5.37. The van der Waals surface area contributed by atoms with Crippen molar-refractivity contribution in [2.75, 3.05) is 19.8 Å². The second-order valence-electron chi connectivity index (χ2n) is 13.5. The Morgan fingerprint density at radius 1 is 0.654 bits per heavy atom. The van der Waals surface area contributed by atoms with Gasteiger partial charge in [-0.15, -0.1) is 0 Å². The molecule has 0 aromatic rings. The highest BCUT2D eigenvalue weighted by atomic mass is 31.2. The number of carbonyl (C=O) groups excluding carboxylic acids is 1. The van der Waals surface area contributed by atoms with Gasteiger partial charge in [-0.05, 0) is 51.4 Å². The predicted octanol–water partition coefficient (Wildman–Crippen LogP) is 11.3. The molecule has 5 N–H and O–H groups in total. The zero-order valence-corrected chi connectivity index (χ0v) is 33.9. The molecule has 0 aliphatic carbocycles. The highest BCUT2D eigenvalue weighted by Gasteiger charge is 2.27. The largest absolute Gasteiger partial charge is 0.472 e. The first-order valence-corrected chi connectivity index (χ1v) is 22.0. The third kappa shape index (κ3) is 36.3. The molecule has 52 heavy (non-hydrogen) atoms. The molecule has 0 rings (SSSR count). The Morgan fingerprint density at radius 2 is 1.08 bits per heavy atom. The number of hydrogen-bond donors (Lipinski definition) is 4. The summed E-state index contributed by atoms with van der Waals surface area (Å²) in [7, 11) is -4.34. The van der Waals surface area contributed by atoms with Crippen LogP contribution in [-0.2, 0) is 18.4 Å². The fourth-order valence-electron chi connectivity index (χ4n) is 5.51. The van der Waals surface area contributed by atoms with Crippen LogP contribution in [0.1, 0.15) is 162 Å². The van der Waals surface area contributed by atoms with Crippen molar-refractivity contribution < 1.29 is 28.4 Å². The first kappa shape index (κ1) is 49.9. The van der Waals surface area contributed by atoms with Crippen molar-refractivity contribution in [3.8, 4) is 0 Å². The second kappa shape index (κ2) is 38.7. The van der Waals surface area contributed by atoms with Gasteiger partial charge in [-0.25, -0.2) is 4.57 Å². The molecule has 0 heterocycles. The topological polar surface area (TPSA) is 131 Å². The van der Waals surface area contributed by atoms with E-state index in [4.69, 9.17) is 14.8 Å². The molecular weight excluding hydrogens is 671 g/mol. The van der Waals surface area contributed by atoms with Gasteiger partial charge < -0.3 is 21.1 Å². The maximum absolute atomic E-state index is 12.7. The minimum Gasteiger partial charge on any atom is -0.391 e. The number of aliphatic hydroxyl groups excluding tert-OH is 1. The van der Waals surface area contributed by atoms with E-state index in [0.29, 0.717) is 12.8 Å². The summed E-state index contributed by atoms with van der Waals surface area (Å²) in [5.74, 6) is -0.246.